The van der Waals surface area contributed by atoms with E-state index in [0.29, 0.717) is 4.24 Å². The highest BCUT2D eigenvalue weighted by atomic mass is 32.2. The van der Waals surface area contributed by atoms with Gasteiger partial charge in [0, 0.05) is 58.5 Å². The number of nitriles is 2. The second-order valence-electron chi connectivity index (χ2n) is 12.1. The van der Waals surface area contributed by atoms with Gasteiger partial charge in [-0.25, -0.2) is 0 Å². The first kappa shape index (κ1) is 34.4. The zero-order valence-corrected chi connectivity index (χ0v) is 31.4. The van der Waals surface area contributed by atoms with Crippen molar-refractivity contribution in [2.45, 2.75) is 37.5 Å². The molecule has 5 aromatic carbocycles. The first-order chi connectivity index (χ1) is 25.0. The van der Waals surface area contributed by atoms with Gasteiger partial charge in [0.1, 0.15) is 28.7 Å². The minimum absolute atomic E-state index is 0.119. The second-order valence-corrected chi connectivity index (χ2v) is 14.9. The molecule has 252 valence electrons. The molecule has 0 aliphatic carbocycles. The van der Waals surface area contributed by atoms with E-state index in [1.807, 2.05) is 0 Å². The van der Waals surface area contributed by atoms with Crippen molar-refractivity contribution in [1.29, 1.82) is 10.5 Å². The lowest BCUT2D eigenvalue weighted by Crippen LogP contribution is -2.21. The lowest BCUT2D eigenvalue weighted by atomic mass is 9.95. The van der Waals surface area contributed by atoms with E-state index in [4.69, 9.17) is 8.75 Å². The molecule has 51 heavy (non-hydrogen) atoms. The summed E-state index contributed by atoms with van der Waals surface area (Å²) < 4.78 is 10.4. The van der Waals surface area contributed by atoms with Crippen molar-refractivity contribution in [3.63, 3.8) is 0 Å². The van der Waals surface area contributed by atoms with Crippen molar-refractivity contribution < 1.29 is 0 Å². The summed E-state index contributed by atoms with van der Waals surface area (Å²) in [5, 5.41) is 19.7. The zero-order valence-electron chi connectivity index (χ0n) is 29.0. The molecule has 2 heterocycles. The molecule has 6 aromatic rings. The van der Waals surface area contributed by atoms with Crippen molar-refractivity contribution in [3.05, 3.63) is 107 Å². The number of anilines is 2. The van der Waals surface area contributed by atoms with Crippen LogP contribution in [0.25, 0.3) is 55.5 Å². The molecule has 6 nitrogen and oxygen atoms in total. The summed E-state index contributed by atoms with van der Waals surface area (Å²) in [7, 11) is 0. The molecule has 0 atom stereocenters. The number of rotatable bonds is 10. The van der Waals surface area contributed by atoms with E-state index < -0.39 is 0 Å². The molecule has 0 saturated carbocycles. The Balaban J connectivity index is 1.29. The fourth-order valence-corrected chi connectivity index (χ4v) is 9.94. The molecule has 0 spiro atoms. The Hall–Kier alpha value is -5.06. The minimum Gasteiger partial charge on any atom is -0.372 e. The fourth-order valence-electron chi connectivity index (χ4n) is 6.68. The van der Waals surface area contributed by atoms with Gasteiger partial charge in [0.05, 0.1) is 16.0 Å². The smallest absolute Gasteiger partial charge is 0.150 e. The van der Waals surface area contributed by atoms with Crippen molar-refractivity contribution in [2.24, 2.45) is 0 Å². The molecular formula is C42H36N6S3. The van der Waals surface area contributed by atoms with Gasteiger partial charge >= 0.3 is 0 Å². The molecule has 0 bridgehead atoms. The van der Waals surface area contributed by atoms with E-state index >= 15 is 0 Å². The van der Waals surface area contributed by atoms with Crippen LogP contribution in [0, 0.1) is 22.7 Å². The number of allylic oxidation sites excluding steroid dienone is 1. The van der Waals surface area contributed by atoms with Gasteiger partial charge in [-0.3, -0.25) is 0 Å². The first-order valence-electron chi connectivity index (χ1n) is 17.2. The topological polar surface area (TPSA) is 79.8 Å². The Kier molecular flexibility index (Phi) is 10.1. The SMILES string of the molecule is CCN(CC)c1ccc(-c2ccc(-c3c4c(c(-c5ccc(-c6ccc(N(CC)CC)cc6)cc5)c5nsnc35)SC(=C(C#N)C#N)S4)cc2)cc1. The Morgan fingerprint density at radius 3 is 1.14 bits per heavy atom. The summed E-state index contributed by atoms with van der Waals surface area (Å²) in [6, 6.07) is 38.9. The van der Waals surface area contributed by atoms with Crippen LogP contribution in [0.1, 0.15) is 27.7 Å². The van der Waals surface area contributed by atoms with Gasteiger partial charge in [-0.2, -0.15) is 19.3 Å². The zero-order chi connectivity index (χ0) is 35.5. The molecular weight excluding hydrogens is 685 g/mol. The predicted molar refractivity (Wildman–Crippen MR) is 216 cm³/mol. The summed E-state index contributed by atoms with van der Waals surface area (Å²) in [4.78, 5) is 6.68. The molecule has 1 aromatic heterocycles. The van der Waals surface area contributed by atoms with Crippen molar-refractivity contribution in [1.82, 2.24) is 8.75 Å². The average Bonchev–Trinajstić information content (AvgIpc) is 3.84. The van der Waals surface area contributed by atoms with Crippen LogP contribution < -0.4 is 9.80 Å². The quantitative estimate of drug-likeness (QED) is 0.129. The maximum Gasteiger partial charge on any atom is 0.150 e. The van der Waals surface area contributed by atoms with Crippen LogP contribution in [0.2, 0.25) is 0 Å². The van der Waals surface area contributed by atoms with E-state index in [9.17, 15) is 10.5 Å². The first-order valence-corrected chi connectivity index (χ1v) is 19.5. The maximum absolute atomic E-state index is 9.83. The Labute approximate surface area is 312 Å². The number of nitrogens with zero attached hydrogens (tertiary/aromatic N) is 6. The number of hydrogen-bond donors (Lipinski definition) is 0. The Bertz CT molecular complexity index is 2140. The van der Waals surface area contributed by atoms with Crippen LogP contribution in [-0.2, 0) is 0 Å². The second kappa shape index (κ2) is 15.0. The van der Waals surface area contributed by atoms with E-state index in [1.165, 1.54) is 46.6 Å². The number of aromatic nitrogens is 2. The standard InChI is InChI=1S/C42H36N6S3/c1-5-47(6-2)34-21-17-29(18-22-34)27-9-13-31(14-10-27)36-38-39(46-51-45-38)37(41-40(36)49-42(50-41)33(25-43)26-44)32-15-11-28(12-16-32)30-19-23-35(24-20-30)48(7-3)8-4/h9-24H,5-8H2,1-4H3. The molecule has 0 unspecified atom stereocenters. The summed E-state index contributed by atoms with van der Waals surface area (Å²) in [6.45, 7) is 12.6. The molecule has 0 fully saturated rings. The molecule has 0 N–H and O–H groups in total. The molecule has 9 heteroatoms. The Morgan fingerprint density at radius 1 is 0.510 bits per heavy atom. The van der Waals surface area contributed by atoms with Gasteiger partial charge in [-0.1, -0.05) is 96.3 Å². The predicted octanol–water partition coefficient (Wildman–Crippen LogP) is 11.5. The molecule has 0 amide bonds. The number of benzene rings is 5. The number of thioether (sulfide) groups is 2. The number of fused-ring (bicyclic) bond motifs is 2. The third-order valence-corrected chi connectivity index (χ3v) is 12.6. The van der Waals surface area contributed by atoms with Crippen molar-refractivity contribution >= 4 is 57.7 Å². The largest absolute Gasteiger partial charge is 0.372 e. The average molecular weight is 721 g/mol. The maximum atomic E-state index is 9.83. The highest BCUT2D eigenvalue weighted by Gasteiger charge is 2.32. The van der Waals surface area contributed by atoms with E-state index in [0.717, 1.165) is 91.5 Å². The lowest BCUT2D eigenvalue weighted by molar-refractivity contribution is 0.866. The summed E-state index contributed by atoms with van der Waals surface area (Å²) in [5.41, 5.74) is 12.8. The molecule has 1 aliphatic rings. The molecule has 0 saturated heterocycles. The van der Waals surface area contributed by atoms with Gasteiger partial charge < -0.3 is 9.80 Å². The molecule has 7 rings (SSSR count). The van der Waals surface area contributed by atoms with Crippen LogP contribution in [0.3, 0.4) is 0 Å². The van der Waals surface area contributed by atoms with Crippen LogP contribution in [-0.4, -0.2) is 34.9 Å². The normalized spacial score (nSPS) is 12.0. The van der Waals surface area contributed by atoms with Gasteiger partial charge in [0.25, 0.3) is 0 Å². The van der Waals surface area contributed by atoms with Gasteiger partial charge in [-0.05, 0) is 85.3 Å². The minimum atomic E-state index is 0.119. The van der Waals surface area contributed by atoms with Gasteiger partial charge in [0.15, 0.2) is 0 Å². The van der Waals surface area contributed by atoms with Gasteiger partial charge in [-0.15, -0.1) is 0 Å². The van der Waals surface area contributed by atoms with Crippen LogP contribution >= 0.6 is 35.3 Å². The lowest BCUT2D eigenvalue weighted by Gasteiger charge is -2.21. The van der Waals surface area contributed by atoms with E-state index in [1.54, 1.807) is 0 Å². The Morgan fingerprint density at radius 2 is 0.824 bits per heavy atom. The third-order valence-electron chi connectivity index (χ3n) is 9.45. The summed E-state index contributed by atoms with van der Waals surface area (Å²) in [5.74, 6) is 0. The molecule has 0 radical (unpaired) electrons. The highest BCUT2D eigenvalue weighted by molar-refractivity contribution is 8.25. The fraction of sp³-hybridized carbons (Fsp3) is 0.190. The summed E-state index contributed by atoms with van der Waals surface area (Å²) in [6.07, 6.45) is 0. The number of hydrogen-bond acceptors (Lipinski definition) is 9. The van der Waals surface area contributed by atoms with Crippen LogP contribution in [0.5, 0.6) is 0 Å². The van der Waals surface area contributed by atoms with Crippen molar-refractivity contribution in [2.75, 3.05) is 36.0 Å². The monoisotopic (exact) mass is 720 g/mol. The van der Waals surface area contributed by atoms with Gasteiger partial charge in [0.2, 0.25) is 0 Å². The summed E-state index contributed by atoms with van der Waals surface area (Å²) >= 11 is 4.18. The van der Waals surface area contributed by atoms with E-state index in [-0.39, 0.29) is 5.57 Å². The molecule has 1 aliphatic heterocycles. The highest BCUT2D eigenvalue weighted by Crippen LogP contribution is 2.60. The van der Waals surface area contributed by atoms with Crippen LogP contribution in [0.15, 0.2) is 117 Å². The third kappa shape index (κ3) is 6.50. The van der Waals surface area contributed by atoms with E-state index in [2.05, 4.69) is 147 Å². The van der Waals surface area contributed by atoms with Crippen LogP contribution in [0.4, 0.5) is 11.4 Å². The van der Waals surface area contributed by atoms with Crippen molar-refractivity contribution in [3.8, 4) is 56.6 Å².